The minimum absolute atomic E-state index is 0.150. The number of hydrogen-bond acceptors (Lipinski definition) is 0. The molecule has 0 aromatic rings. The Balaban J connectivity index is 3.88. The van der Waals surface area contributed by atoms with Crippen LogP contribution in [0.25, 0.3) is 0 Å². The summed E-state index contributed by atoms with van der Waals surface area (Å²) in [5.41, 5.74) is -1.02. The van der Waals surface area contributed by atoms with E-state index in [-0.39, 0.29) is 5.92 Å². The zero-order chi connectivity index (χ0) is 7.65. The maximum atomic E-state index is 13.0. The van der Waals surface area contributed by atoms with Crippen molar-refractivity contribution in [2.45, 2.75) is 40.3 Å². The van der Waals surface area contributed by atoms with Gasteiger partial charge in [0.25, 0.3) is 0 Å². The van der Waals surface area contributed by atoms with Crippen LogP contribution in [-0.4, -0.2) is 5.67 Å². The normalized spacial score (nSPS) is 16.3. The van der Waals surface area contributed by atoms with Crippen molar-refractivity contribution in [2.24, 2.45) is 11.8 Å². The predicted octanol–water partition coefficient (Wildman–Crippen LogP) is 3.03. The molecule has 0 aliphatic carbocycles. The first-order chi connectivity index (χ1) is 3.85. The molecule has 0 amide bonds. The number of rotatable bonds is 2. The minimum Gasteiger partial charge on any atom is -0.244 e. The summed E-state index contributed by atoms with van der Waals surface area (Å²) in [4.78, 5) is 0. The predicted molar refractivity (Wildman–Crippen MR) is 39.2 cm³/mol. The molecular formula is C8H17F. The van der Waals surface area contributed by atoms with Crippen LogP contribution in [0.15, 0.2) is 0 Å². The third-order valence-corrected chi connectivity index (χ3v) is 2.08. The van der Waals surface area contributed by atoms with Gasteiger partial charge in [0.15, 0.2) is 0 Å². The fourth-order valence-electron chi connectivity index (χ4n) is 0.793. The Morgan fingerprint density at radius 2 is 1.44 bits per heavy atom. The van der Waals surface area contributed by atoms with Crippen molar-refractivity contribution in [1.29, 1.82) is 0 Å². The number of halogens is 1. The molecule has 0 bridgehead atoms. The van der Waals surface area contributed by atoms with Crippen LogP contribution in [0.4, 0.5) is 4.39 Å². The summed E-state index contributed by atoms with van der Waals surface area (Å²) in [5.74, 6) is 0.586. The van der Waals surface area contributed by atoms with Gasteiger partial charge in [-0.2, -0.15) is 0 Å². The summed E-state index contributed by atoms with van der Waals surface area (Å²) in [6.45, 7) is 9.32. The Bertz CT molecular complexity index is 79.1. The molecule has 0 saturated carbocycles. The van der Waals surface area contributed by atoms with Crippen LogP contribution < -0.4 is 0 Å². The summed E-state index contributed by atoms with van der Waals surface area (Å²) in [6.07, 6.45) is 0. The molecule has 0 saturated heterocycles. The first-order valence-corrected chi connectivity index (χ1v) is 3.54. The quantitative estimate of drug-likeness (QED) is 0.541. The Labute approximate surface area is 57.5 Å². The summed E-state index contributed by atoms with van der Waals surface area (Å²) in [6, 6.07) is 0. The summed E-state index contributed by atoms with van der Waals surface area (Å²) >= 11 is 0. The van der Waals surface area contributed by atoms with Gasteiger partial charge >= 0.3 is 0 Å². The van der Waals surface area contributed by atoms with Crippen molar-refractivity contribution in [3.63, 3.8) is 0 Å². The van der Waals surface area contributed by atoms with Crippen molar-refractivity contribution in [3.8, 4) is 0 Å². The highest BCUT2D eigenvalue weighted by molar-refractivity contribution is 4.75. The van der Waals surface area contributed by atoms with E-state index in [1.54, 1.807) is 13.8 Å². The average Bonchev–Trinajstić information content (AvgIpc) is 1.62. The monoisotopic (exact) mass is 132 g/mol. The molecule has 0 rings (SSSR count). The zero-order valence-corrected chi connectivity index (χ0v) is 7.03. The van der Waals surface area contributed by atoms with Crippen LogP contribution in [0.3, 0.4) is 0 Å². The Morgan fingerprint density at radius 3 is 1.44 bits per heavy atom. The van der Waals surface area contributed by atoms with E-state index in [0.717, 1.165) is 0 Å². The smallest absolute Gasteiger partial charge is 0.108 e. The molecule has 0 N–H and O–H groups in total. The average molecular weight is 132 g/mol. The second-order valence-corrected chi connectivity index (χ2v) is 3.60. The van der Waals surface area contributed by atoms with E-state index in [1.165, 1.54) is 0 Å². The Kier molecular flexibility index (Phi) is 2.66. The molecule has 9 heavy (non-hydrogen) atoms. The molecule has 0 heterocycles. The lowest BCUT2D eigenvalue weighted by molar-refractivity contribution is 0.103. The Morgan fingerprint density at radius 1 is 1.11 bits per heavy atom. The summed E-state index contributed by atoms with van der Waals surface area (Å²) in [5, 5.41) is 0. The van der Waals surface area contributed by atoms with Crippen molar-refractivity contribution in [3.05, 3.63) is 0 Å². The fraction of sp³-hybridized carbons (Fsp3) is 1.00. The van der Waals surface area contributed by atoms with Gasteiger partial charge in [0.1, 0.15) is 5.67 Å². The maximum absolute atomic E-state index is 13.0. The van der Waals surface area contributed by atoms with Crippen molar-refractivity contribution < 1.29 is 4.39 Å². The molecule has 0 aromatic carbocycles. The van der Waals surface area contributed by atoms with Crippen molar-refractivity contribution >= 4 is 0 Å². The third kappa shape index (κ3) is 2.83. The lowest BCUT2D eigenvalue weighted by Gasteiger charge is -2.26. The molecule has 56 valence electrons. The fourth-order valence-corrected chi connectivity index (χ4v) is 0.793. The summed E-state index contributed by atoms with van der Waals surface area (Å²) < 4.78 is 13.0. The van der Waals surface area contributed by atoms with Gasteiger partial charge in [-0.1, -0.05) is 20.8 Å². The molecule has 0 radical (unpaired) electrons. The maximum Gasteiger partial charge on any atom is 0.108 e. The Hall–Kier alpha value is -0.0700. The van der Waals surface area contributed by atoms with Crippen LogP contribution >= 0.6 is 0 Å². The molecule has 0 aliphatic heterocycles. The molecule has 0 nitrogen and oxygen atoms in total. The standard InChI is InChI=1S/C8H17F/c1-6(2)7(3)8(4,5)9/h6-7H,1-5H3. The highest BCUT2D eigenvalue weighted by Crippen LogP contribution is 2.26. The van der Waals surface area contributed by atoms with Gasteiger partial charge in [-0.05, 0) is 25.7 Å². The van der Waals surface area contributed by atoms with Gasteiger partial charge in [-0.3, -0.25) is 0 Å². The van der Waals surface area contributed by atoms with E-state index in [4.69, 9.17) is 0 Å². The first-order valence-electron chi connectivity index (χ1n) is 3.54. The second kappa shape index (κ2) is 2.68. The second-order valence-electron chi connectivity index (χ2n) is 3.60. The molecule has 0 fully saturated rings. The molecule has 1 unspecified atom stereocenters. The van der Waals surface area contributed by atoms with Crippen LogP contribution in [0.1, 0.15) is 34.6 Å². The highest BCUT2D eigenvalue weighted by Gasteiger charge is 2.26. The molecule has 0 spiro atoms. The molecule has 0 aromatic heterocycles. The van der Waals surface area contributed by atoms with Gasteiger partial charge in [0.2, 0.25) is 0 Å². The van der Waals surface area contributed by atoms with E-state index in [9.17, 15) is 4.39 Å². The van der Waals surface area contributed by atoms with Crippen LogP contribution in [0, 0.1) is 11.8 Å². The number of hydrogen-bond donors (Lipinski definition) is 0. The van der Waals surface area contributed by atoms with Gasteiger partial charge in [0.05, 0.1) is 0 Å². The molecule has 1 atom stereocenters. The van der Waals surface area contributed by atoms with Crippen molar-refractivity contribution in [2.75, 3.05) is 0 Å². The van der Waals surface area contributed by atoms with E-state index in [2.05, 4.69) is 0 Å². The lowest BCUT2D eigenvalue weighted by atomic mass is 9.85. The first kappa shape index (κ1) is 8.93. The van der Waals surface area contributed by atoms with Crippen LogP contribution in [0.2, 0.25) is 0 Å². The third-order valence-electron chi connectivity index (χ3n) is 2.08. The van der Waals surface area contributed by atoms with Gasteiger partial charge in [-0.25, -0.2) is 4.39 Å². The molecule has 0 aliphatic rings. The topological polar surface area (TPSA) is 0 Å². The van der Waals surface area contributed by atoms with Crippen molar-refractivity contribution in [1.82, 2.24) is 0 Å². The SMILES string of the molecule is CC(C)C(C)C(C)(C)F. The van der Waals surface area contributed by atoms with E-state index < -0.39 is 5.67 Å². The zero-order valence-electron chi connectivity index (χ0n) is 7.03. The van der Waals surface area contributed by atoms with Gasteiger partial charge < -0.3 is 0 Å². The molecule has 1 heteroatoms. The largest absolute Gasteiger partial charge is 0.244 e. The van der Waals surface area contributed by atoms with Gasteiger partial charge in [0, 0.05) is 0 Å². The minimum atomic E-state index is -1.02. The van der Waals surface area contributed by atoms with Crippen LogP contribution in [0.5, 0.6) is 0 Å². The van der Waals surface area contributed by atoms with E-state index in [0.29, 0.717) is 5.92 Å². The van der Waals surface area contributed by atoms with E-state index in [1.807, 2.05) is 20.8 Å². The number of alkyl halides is 1. The highest BCUT2D eigenvalue weighted by atomic mass is 19.1. The lowest BCUT2D eigenvalue weighted by Crippen LogP contribution is -2.27. The molecular weight excluding hydrogens is 115 g/mol. The summed E-state index contributed by atoms with van der Waals surface area (Å²) in [7, 11) is 0. The van der Waals surface area contributed by atoms with E-state index >= 15 is 0 Å². The van der Waals surface area contributed by atoms with Crippen LogP contribution in [-0.2, 0) is 0 Å². The van der Waals surface area contributed by atoms with Gasteiger partial charge in [-0.15, -0.1) is 0 Å².